The van der Waals surface area contributed by atoms with Gasteiger partial charge in [0, 0.05) is 24.9 Å². The number of nitrogens with zero attached hydrogens (tertiary/aromatic N) is 3. The molecule has 3 heterocycles. The molecule has 8 nitrogen and oxygen atoms in total. The number of esters is 1. The number of hydrogen-bond donors (Lipinski definition) is 1. The Hall–Kier alpha value is -2.68. The van der Waals surface area contributed by atoms with Crippen LogP contribution >= 0.6 is 11.3 Å². The molecule has 0 saturated carbocycles. The van der Waals surface area contributed by atoms with Crippen LogP contribution in [0.4, 0.5) is 5.00 Å². The number of nitrogens with one attached hydrogen (secondary N) is 1. The second kappa shape index (κ2) is 8.14. The number of aromatic nitrogens is 2. The molecule has 0 bridgehead atoms. The predicted octanol–water partition coefficient (Wildman–Crippen LogP) is 2.61. The van der Waals surface area contributed by atoms with E-state index >= 15 is 0 Å². The summed E-state index contributed by atoms with van der Waals surface area (Å²) >= 11 is 1.32. The maximum Gasteiger partial charge on any atom is 0.341 e. The Bertz CT molecular complexity index is 931. The molecule has 0 unspecified atom stereocenters. The summed E-state index contributed by atoms with van der Waals surface area (Å²) in [5, 5.41) is 7.63. The van der Waals surface area contributed by atoms with E-state index in [1.807, 2.05) is 13.8 Å². The summed E-state index contributed by atoms with van der Waals surface area (Å²) < 4.78 is 6.85. The number of hydrogen-bond acceptors (Lipinski definition) is 6. The lowest BCUT2D eigenvalue weighted by molar-refractivity contribution is -0.129. The molecular weight excluding hydrogens is 380 g/mol. The number of anilines is 1. The highest BCUT2D eigenvalue weighted by Gasteiger charge is 2.30. The summed E-state index contributed by atoms with van der Waals surface area (Å²) in [4.78, 5) is 39.8. The van der Waals surface area contributed by atoms with Crippen molar-refractivity contribution in [3.05, 3.63) is 33.5 Å². The molecule has 150 valence electrons. The van der Waals surface area contributed by atoms with Gasteiger partial charge in [-0.15, -0.1) is 11.3 Å². The van der Waals surface area contributed by atoms with Crippen LogP contribution in [-0.2, 0) is 29.0 Å². The Balaban J connectivity index is 1.96. The monoisotopic (exact) mass is 404 g/mol. The number of aryl methyl sites for hydroxylation is 2. The van der Waals surface area contributed by atoms with Gasteiger partial charge in [-0.1, -0.05) is 0 Å². The molecule has 0 aliphatic carbocycles. The third-order valence-corrected chi connectivity index (χ3v) is 5.78. The van der Waals surface area contributed by atoms with Crippen molar-refractivity contribution >= 4 is 34.1 Å². The van der Waals surface area contributed by atoms with Gasteiger partial charge in [-0.3, -0.25) is 14.3 Å². The molecule has 2 aromatic rings. The standard InChI is InChI=1S/C19H24N4O4S/c1-5-23-14(9-11(3)21-23)17(25)20-18-16(19(26)27-6-2)13-7-8-22(12(4)24)10-15(13)28-18/h9H,5-8,10H2,1-4H3,(H,20,25). The second-order valence-electron chi connectivity index (χ2n) is 6.56. The molecule has 2 aromatic heterocycles. The second-order valence-corrected chi connectivity index (χ2v) is 7.66. The largest absolute Gasteiger partial charge is 0.462 e. The Morgan fingerprint density at radius 3 is 2.71 bits per heavy atom. The van der Waals surface area contributed by atoms with Gasteiger partial charge in [0.15, 0.2) is 0 Å². The van der Waals surface area contributed by atoms with E-state index in [4.69, 9.17) is 4.74 Å². The van der Waals surface area contributed by atoms with Crippen LogP contribution in [0, 0.1) is 6.92 Å². The molecule has 2 amide bonds. The fourth-order valence-electron chi connectivity index (χ4n) is 3.32. The number of carbonyl (C=O) groups is 3. The fraction of sp³-hybridized carbons (Fsp3) is 0.474. The Morgan fingerprint density at radius 2 is 2.07 bits per heavy atom. The zero-order chi connectivity index (χ0) is 20.4. The molecular formula is C19H24N4O4S. The minimum absolute atomic E-state index is 0.00959. The first-order valence-electron chi connectivity index (χ1n) is 9.28. The SMILES string of the molecule is CCOC(=O)c1c(NC(=O)c2cc(C)nn2CC)sc2c1CCN(C(C)=O)C2. The van der Waals surface area contributed by atoms with E-state index in [1.165, 1.54) is 18.3 Å². The van der Waals surface area contributed by atoms with Crippen molar-refractivity contribution in [2.45, 2.75) is 47.2 Å². The molecule has 0 atom stereocenters. The van der Waals surface area contributed by atoms with Crippen LogP contribution in [0.3, 0.4) is 0 Å². The number of amides is 2. The van der Waals surface area contributed by atoms with Gasteiger partial charge in [0.1, 0.15) is 10.7 Å². The van der Waals surface area contributed by atoms with Crippen LogP contribution in [0.25, 0.3) is 0 Å². The maximum absolute atomic E-state index is 12.8. The van der Waals surface area contributed by atoms with Crippen molar-refractivity contribution in [1.82, 2.24) is 14.7 Å². The number of rotatable bonds is 5. The van der Waals surface area contributed by atoms with Crippen molar-refractivity contribution < 1.29 is 19.1 Å². The fourth-order valence-corrected chi connectivity index (χ4v) is 4.56. The summed E-state index contributed by atoms with van der Waals surface area (Å²) in [7, 11) is 0. The summed E-state index contributed by atoms with van der Waals surface area (Å²) in [6.45, 7) is 8.80. The zero-order valence-electron chi connectivity index (χ0n) is 16.5. The molecule has 0 aromatic carbocycles. The lowest BCUT2D eigenvalue weighted by atomic mass is 10.0. The summed E-state index contributed by atoms with van der Waals surface area (Å²) in [6.07, 6.45) is 0.557. The molecule has 0 spiro atoms. The van der Waals surface area contributed by atoms with Crippen LogP contribution < -0.4 is 5.32 Å². The molecule has 1 aliphatic rings. The van der Waals surface area contributed by atoms with Gasteiger partial charge < -0.3 is 15.0 Å². The van der Waals surface area contributed by atoms with Gasteiger partial charge in [0.25, 0.3) is 5.91 Å². The predicted molar refractivity (Wildman–Crippen MR) is 106 cm³/mol. The molecule has 1 N–H and O–H groups in total. The molecule has 0 fully saturated rings. The van der Waals surface area contributed by atoms with Crippen molar-refractivity contribution in [2.24, 2.45) is 0 Å². The summed E-state index contributed by atoms with van der Waals surface area (Å²) in [5.41, 5.74) is 2.45. The first kappa shape index (κ1) is 20.1. The molecule has 1 aliphatic heterocycles. The molecule has 3 rings (SSSR count). The van der Waals surface area contributed by atoms with E-state index in [0.717, 1.165) is 16.1 Å². The average Bonchev–Trinajstić information content (AvgIpc) is 3.20. The lowest BCUT2D eigenvalue weighted by Crippen LogP contribution is -2.34. The smallest absolute Gasteiger partial charge is 0.341 e. The van der Waals surface area contributed by atoms with Crippen LogP contribution in [-0.4, -0.2) is 45.6 Å². The summed E-state index contributed by atoms with van der Waals surface area (Å²) in [5.74, 6) is -0.786. The quantitative estimate of drug-likeness (QED) is 0.773. The molecule has 28 heavy (non-hydrogen) atoms. The van der Waals surface area contributed by atoms with Crippen molar-refractivity contribution in [3.8, 4) is 0 Å². The van der Waals surface area contributed by atoms with Crippen molar-refractivity contribution in [3.63, 3.8) is 0 Å². The van der Waals surface area contributed by atoms with Crippen LogP contribution in [0.1, 0.15) is 57.8 Å². The Kier molecular flexibility index (Phi) is 5.83. The van der Waals surface area contributed by atoms with Gasteiger partial charge in [-0.05, 0) is 38.8 Å². The van der Waals surface area contributed by atoms with Crippen LogP contribution in [0.15, 0.2) is 6.07 Å². The van der Waals surface area contributed by atoms with Crippen LogP contribution in [0.2, 0.25) is 0 Å². The molecule has 0 saturated heterocycles. The zero-order valence-corrected chi connectivity index (χ0v) is 17.3. The molecule has 0 radical (unpaired) electrons. The van der Waals surface area contributed by atoms with E-state index in [9.17, 15) is 14.4 Å². The van der Waals surface area contributed by atoms with E-state index in [0.29, 0.717) is 42.3 Å². The van der Waals surface area contributed by atoms with Gasteiger partial charge in [-0.2, -0.15) is 5.10 Å². The third kappa shape index (κ3) is 3.80. The average molecular weight is 404 g/mol. The van der Waals surface area contributed by atoms with Gasteiger partial charge in [0.2, 0.25) is 5.91 Å². The Morgan fingerprint density at radius 1 is 1.32 bits per heavy atom. The number of ether oxygens (including phenoxy) is 1. The number of fused-ring (bicyclic) bond motifs is 1. The topological polar surface area (TPSA) is 93.5 Å². The van der Waals surface area contributed by atoms with E-state index in [-0.39, 0.29) is 18.4 Å². The summed E-state index contributed by atoms with van der Waals surface area (Å²) in [6, 6.07) is 1.72. The van der Waals surface area contributed by atoms with Gasteiger partial charge in [-0.25, -0.2) is 4.79 Å². The third-order valence-electron chi connectivity index (χ3n) is 4.64. The van der Waals surface area contributed by atoms with Crippen LogP contribution in [0.5, 0.6) is 0 Å². The highest BCUT2D eigenvalue weighted by molar-refractivity contribution is 7.17. The van der Waals surface area contributed by atoms with E-state index < -0.39 is 5.97 Å². The van der Waals surface area contributed by atoms with E-state index in [1.54, 1.807) is 22.6 Å². The number of thiophene rings is 1. The highest BCUT2D eigenvalue weighted by Crippen LogP contribution is 2.38. The van der Waals surface area contributed by atoms with Crippen molar-refractivity contribution in [2.75, 3.05) is 18.5 Å². The normalized spacial score (nSPS) is 13.2. The lowest BCUT2D eigenvalue weighted by Gasteiger charge is -2.25. The van der Waals surface area contributed by atoms with Gasteiger partial charge in [0.05, 0.1) is 24.4 Å². The maximum atomic E-state index is 12.8. The first-order chi connectivity index (χ1) is 13.3. The number of carbonyl (C=O) groups excluding carboxylic acids is 3. The minimum atomic E-state index is -0.452. The first-order valence-corrected chi connectivity index (χ1v) is 10.1. The van der Waals surface area contributed by atoms with Gasteiger partial charge >= 0.3 is 5.97 Å². The minimum Gasteiger partial charge on any atom is -0.462 e. The Labute approximate surface area is 167 Å². The van der Waals surface area contributed by atoms with E-state index in [2.05, 4.69) is 10.4 Å². The highest BCUT2D eigenvalue weighted by atomic mass is 32.1. The molecule has 9 heteroatoms. The van der Waals surface area contributed by atoms with Crippen molar-refractivity contribution in [1.29, 1.82) is 0 Å².